The Morgan fingerprint density at radius 1 is 0.630 bits per heavy atom. The van der Waals surface area contributed by atoms with Crippen molar-refractivity contribution < 1.29 is 34.4 Å². The van der Waals surface area contributed by atoms with E-state index < -0.39 is 18.0 Å². The lowest BCUT2D eigenvalue weighted by atomic mass is 10.1. The third-order valence-corrected chi connectivity index (χ3v) is 4.24. The summed E-state index contributed by atoms with van der Waals surface area (Å²) in [5.41, 5.74) is 0. The topological polar surface area (TPSA) is 113 Å². The van der Waals surface area contributed by atoms with Gasteiger partial charge in [-0.25, -0.2) is 4.79 Å². The second-order valence-corrected chi connectivity index (χ2v) is 6.80. The number of hydrogen-bond acceptors (Lipinski definition) is 7. The summed E-state index contributed by atoms with van der Waals surface area (Å²) in [5, 5.41) is 27.0. The smallest absolute Gasteiger partial charge is 0.335 e. The van der Waals surface area contributed by atoms with Gasteiger partial charge in [0.2, 0.25) is 0 Å². The summed E-state index contributed by atoms with van der Waals surface area (Å²) in [6.45, 7) is 0.981. The first-order chi connectivity index (χ1) is 13.1. The minimum absolute atomic E-state index is 0.226. The number of ether oxygens (including phenoxy) is 2. The fourth-order valence-electron chi connectivity index (χ4n) is 2.60. The SMILES string of the molecule is O=C(C[C@H](O)C(=O)OCCCCCCCCO)OCCCCCCCCO. The molecule has 0 amide bonds. The number of carbonyl (C=O) groups is 2. The van der Waals surface area contributed by atoms with Gasteiger partial charge < -0.3 is 24.8 Å². The van der Waals surface area contributed by atoms with Crippen LogP contribution in [0.5, 0.6) is 0 Å². The highest BCUT2D eigenvalue weighted by Crippen LogP contribution is 2.07. The lowest BCUT2D eigenvalue weighted by molar-refractivity contribution is -0.160. The zero-order valence-electron chi connectivity index (χ0n) is 16.6. The lowest BCUT2D eigenvalue weighted by Crippen LogP contribution is -2.27. The van der Waals surface area contributed by atoms with E-state index in [1.807, 2.05) is 0 Å². The summed E-state index contributed by atoms with van der Waals surface area (Å²) in [6.07, 6.45) is 9.32. The molecular formula is C20H38O7. The van der Waals surface area contributed by atoms with Crippen molar-refractivity contribution in [3.63, 3.8) is 0 Å². The molecule has 0 aliphatic rings. The number of carbonyl (C=O) groups excluding carboxylic acids is 2. The van der Waals surface area contributed by atoms with Crippen LogP contribution < -0.4 is 0 Å². The minimum Gasteiger partial charge on any atom is -0.466 e. The van der Waals surface area contributed by atoms with Gasteiger partial charge in [0.05, 0.1) is 19.6 Å². The summed E-state index contributed by atoms with van der Waals surface area (Å²) < 4.78 is 9.98. The van der Waals surface area contributed by atoms with Crippen LogP contribution in [0.25, 0.3) is 0 Å². The molecule has 0 fully saturated rings. The summed E-state index contributed by atoms with van der Waals surface area (Å²) in [5.74, 6) is -1.38. The van der Waals surface area contributed by atoms with Crippen LogP contribution in [0.3, 0.4) is 0 Å². The Morgan fingerprint density at radius 2 is 1.04 bits per heavy atom. The van der Waals surface area contributed by atoms with Crippen molar-refractivity contribution in [3.8, 4) is 0 Å². The lowest BCUT2D eigenvalue weighted by Gasteiger charge is -2.10. The van der Waals surface area contributed by atoms with Crippen LogP contribution in [0.1, 0.15) is 83.5 Å². The molecule has 0 aromatic heterocycles. The summed E-state index contributed by atoms with van der Waals surface area (Å²) in [4.78, 5) is 23.2. The highest BCUT2D eigenvalue weighted by molar-refractivity contribution is 5.81. The van der Waals surface area contributed by atoms with E-state index in [0.717, 1.165) is 77.0 Å². The highest BCUT2D eigenvalue weighted by atomic mass is 16.6. The zero-order valence-corrected chi connectivity index (χ0v) is 16.6. The molecule has 0 saturated heterocycles. The van der Waals surface area contributed by atoms with Crippen molar-refractivity contribution in [2.24, 2.45) is 0 Å². The first-order valence-corrected chi connectivity index (χ1v) is 10.3. The fraction of sp³-hybridized carbons (Fsp3) is 0.900. The van der Waals surface area contributed by atoms with Crippen molar-refractivity contribution in [2.45, 2.75) is 89.6 Å². The summed E-state index contributed by atoms with van der Waals surface area (Å²) in [6, 6.07) is 0. The Kier molecular flexibility index (Phi) is 18.7. The maximum absolute atomic E-state index is 11.6. The number of aliphatic hydroxyl groups is 3. The summed E-state index contributed by atoms with van der Waals surface area (Å²) >= 11 is 0. The second kappa shape index (κ2) is 19.6. The Bertz CT molecular complexity index is 360. The molecule has 0 unspecified atom stereocenters. The normalized spacial score (nSPS) is 12.0. The highest BCUT2D eigenvalue weighted by Gasteiger charge is 2.21. The molecular weight excluding hydrogens is 352 g/mol. The maximum Gasteiger partial charge on any atom is 0.335 e. The van der Waals surface area contributed by atoms with Crippen LogP contribution in [0, 0.1) is 0 Å². The molecule has 7 heteroatoms. The molecule has 0 aromatic rings. The van der Waals surface area contributed by atoms with Gasteiger partial charge in [-0.3, -0.25) is 4.79 Å². The van der Waals surface area contributed by atoms with Crippen LogP contribution in [-0.4, -0.2) is 59.8 Å². The largest absolute Gasteiger partial charge is 0.466 e. The van der Waals surface area contributed by atoms with Crippen molar-refractivity contribution in [3.05, 3.63) is 0 Å². The molecule has 160 valence electrons. The molecule has 1 atom stereocenters. The quantitative estimate of drug-likeness (QED) is 0.229. The van der Waals surface area contributed by atoms with E-state index in [4.69, 9.17) is 19.7 Å². The van der Waals surface area contributed by atoms with E-state index in [0.29, 0.717) is 0 Å². The molecule has 0 saturated carbocycles. The molecule has 7 nitrogen and oxygen atoms in total. The molecule has 0 aromatic carbocycles. The van der Waals surface area contributed by atoms with Crippen LogP contribution in [0.2, 0.25) is 0 Å². The molecule has 0 radical (unpaired) electrons. The molecule has 0 rings (SSSR count). The van der Waals surface area contributed by atoms with E-state index in [9.17, 15) is 14.7 Å². The molecule has 0 spiro atoms. The fourth-order valence-corrected chi connectivity index (χ4v) is 2.60. The maximum atomic E-state index is 11.6. The van der Waals surface area contributed by atoms with E-state index in [1.54, 1.807) is 0 Å². The predicted octanol–water partition coefficient (Wildman–Crippen LogP) is 2.49. The first-order valence-electron chi connectivity index (χ1n) is 10.3. The Morgan fingerprint density at radius 3 is 1.52 bits per heavy atom. The number of esters is 2. The van der Waals surface area contributed by atoms with Crippen LogP contribution in [0.15, 0.2) is 0 Å². The van der Waals surface area contributed by atoms with E-state index in [1.165, 1.54) is 0 Å². The minimum atomic E-state index is -1.47. The molecule has 0 aliphatic carbocycles. The average Bonchev–Trinajstić information content (AvgIpc) is 2.65. The number of rotatable bonds is 19. The van der Waals surface area contributed by atoms with E-state index in [-0.39, 0.29) is 32.8 Å². The number of hydrogen-bond donors (Lipinski definition) is 3. The molecule has 0 heterocycles. The molecule has 0 bridgehead atoms. The molecule has 0 aliphatic heterocycles. The van der Waals surface area contributed by atoms with Gasteiger partial charge in [0.25, 0.3) is 0 Å². The zero-order chi connectivity index (χ0) is 20.2. The van der Waals surface area contributed by atoms with Gasteiger partial charge in [0.1, 0.15) is 0 Å². The van der Waals surface area contributed by atoms with Crippen molar-refractivity contribution in [1.29, 1.82) is 0 Å². The number of aliphatic hydroxyl groups excluding tert-OH is 3. The molecule has 3 N–H and O–H groups in total. The number of unbranched alkanes of at least 4 members (excludes halogenated alkanes) is 10. The average molecular weight is 391 g/mol. The van der Waals surface area contributed by atoms with E-state index in [2.05, 4.69) is 0 Å². The van der Waals surface area contributed by atoms with Crippen LogP contribution >= 0.6 is 0 Å². The third-order valence-electron chi connectivity index (χ3n) is 4.24. The predicted molar refractivity (Wildman–Crippen MR) is 102 cm³/mol. The van der Waals surface area contributed by atoms with Crippen LogP contribution in [-0.2, 0) is 19.1 Å². The van der Waals surface area contributed by atoms with Crippen molar-refractivity contribution >= 4 is 11.9 Å². The van der Waals surface area contributed by atoms with Crippen molar-refractivity contribution in [2.75, 3.05) is 26.4 Å². The third kappa shape index (κ3) is 18.0. The standard InChI is InChI=1S/C20H38O7/c21-13-9-5-1-3-7-11-15-26-19(24)17-18(23)20(25)27-16-12-8-4-2-6-10-14-22/h18,21-23H,1-17H2/t18-/m0/s1. The van der Waals surface area contributed by atoms with Gasteiger partial charge in [0.15, 0.2) is 6.10 Å². The Hall–Kier alpha value is -1.18. The first kappa shape index (κ1) is 25.8. The van der Waals surface area contributed by atoms with E-state index >= 15 is 0 Å². The van der Waals surface area contributed by atoms with Gasteiger partial charge in [-0.1, -0.05) is 51.4 Å². The van der Waals surface area contributed by atoms with Crippen LogP contribution in [0.4, 0.5) is 0 Å². The van der Waals surface area contributed by atoms with Gasteiger partial charge in [-0.05, 0) is 25.7 Å². The monoisotopic (exact) mass is 390 g/mol. The van der Waals surface area contributed by atoms with Gasteiger partial charge in [-0.15, -0.1) is 0 Å². The van der Waals surface area contributed by atoms with Gasteiger partial charge >= 0.3 is 11.9 Å². The van der Waals surface area contributed by atoms with Crippen molar-refractivity contribution in [1.82, 2.24) is 0 Å². The second-order valence-electron chi connectivity index (χ2n) is 6.80. The van der Waals surface area contributed by atoms with Gasteiger partial charge in [0, 0.05) is 13.2 Å². The molecule has 27 heavy (non-hydrogen) atoms. The Labute approximate surface area is 163 Å². The summed E-state index contributed by atoms with van der Waals surface area (Å²) in [7, 11) is 0. The Balaban J connectivity index is 3.53. The van der Waals surface area contributed by atoms with Gasteiger partial charge in [-0.2, -0.15) is 0 Å².